The maximum absolute atomic E-state index is 13.8. The molecule has 0 amide bonds. The van der Waals surface area contributed by atoms with Crippen molar-refractivity contribution in [2.75, 3.05) is 13.7 Å². The Morgan fingerprint density at radius 3 is 1.38 bits per heavy atom. The lowest BCUT2D eigenvalue weighted by molar-refractivity contribution is -0.361. The number of carbonyl (C=O) groups is 6. The van der Waals surface area contributed by atoms with Crippen LogP contribution in [0.15, 0.2) is 91.0 Å². The van der Waals surface area contributed by atoms with Gasteiger partial charge < -0.3 is 47.4 Å². The molecule has 16 heteroatoms. The maximum atomic E-state index is 13.8. The van der Waals surface area contributed by atoms with E-state index in [1.165, 1.54) is 50.4 Å². The Morgan fingerprint density at radius 1 is 0.500 bits per heavy atom. The minimum Gasteiger partial charge on any atom is -0.463 e. The van der Waals surface area contributed by atoms with E-state index in [1.54, 1.807) is 54.6 Å². The quantitative estimate of drug-likeness (QED) is 0.180. The molecule has 16 nitrogen and oxygen atoms in total. The minimum absolute atomic E-state index is 0.104. The van der Waals surface area contributed by atoms with Crippen molar-refractivity contribution < 1.29 is 76.1 Å². The highest BCUT2D eigenvalue weighted by Crippen LogP contribution is 2.36. The Balaban J connectivity index is 1.58. The summed E-state index contributed by atoms with van der Waals surface area (Å²) in [6.07, 6.45) is -14.6. The van der Waals surface area contributed by atoms with Gasteiger partial charge in [-0.2, -0.15) is 0 Å². The van der Waals surface area contributed by atoms with Crippen LogP contribution in [0.5, 0.6) is 0 Å². The van der Waals surface area contributed by atoms with Gasteiger partial charge in [0.1, 0.15) is 12.7 Å². The van der Waals surface area contributed by atoms with E-state index in [9.17, 15) is 28.8 Å². The second kappa shape index (κ2) is 19.3. The molecular weight excluding hydrogens is 736 g/mol. The Labute approximate surface area is 322 Å². The standard InChI is InChI=1S/C40H42O16/c1-22-30(53-36(44)26-15-9-6-10-16-26)32(54-37(45)27-17-11-7-12-18-27)35(55-38(46)28-19-13-8-14-20-28)40(49-22)56-34-33(51-25(4)43)31(50-24(3)42)29(21-48-23(2)41)52-39(34)47-5/h6-20,22,29-35,39-40H,21H2,1-5H3/t22-,29+,30-,31-,32+,33-,34+,35+,39-,40-/m0/s1. The molecule has 3 aromatic carbocycles. The zero-order valence-electron chi connectivity index (χ0n) is 31.2. The number of rotatable bonds is 13. The third kappa shape index (κ3) is 10.5. The first-order valence-corrected chi connectivity index (χ1v) is 17.6. The predicted molar refractivity (Wildman–Crippen MR) is 190 cm³/mol. The smallest absolute Gasteiger partial charge is 0.338 e. The van der Waals surface area contributed by atoms with E-state index in [1.807, 2.05) is 0 Å². The number of methoxy groups -OCH3 is 1. The lowest BCUT2D eigenvalue weighted by Gasteiger charge is -2.48. The largest absolute Gasteiger partial charge is 0.463 e. The lowest BCUT2D eigenvalue weighted by Crippen LogP contribution is -2.66. The molecule has 298 valence electrons. The molecule has 0 N–H and O–H groups in total. The second-order valence-electron chi connectivity index (χ2n) is 12.7. The van der Waals surface area contributed by atoms with E-state index >= 15 is 0 Å². The van der Waals surface area contributed by atoms with Gasteiger partial charge in [0.15, 0.2) is 49.2 Å². The predicted octanol–water partition coefficient (Wildman–Crippen LogP) is 3.59. The van der Waals surface area contributed by atoms with Crippen LogP contribution in [0.2, 0.25) is 0 Å². The maximum Gasteiger partial charge on any atom is 0.338 e. The number of ether oxygens (including phenoxy) is 10. The van der Waals surface area contributed by atoms with Gasteiger partial charge in [0.25, 0.3) is 0 Å². The molecule has 2 heterocycles. The summed E-state index contributed by atoms with van der Waals surface area (Å²) in [5.74, 6) is -4.84. The summed E-state index contributed by atoms with van der Waals surface area (Å²) >= 11 is 0. The fourth-order valence-corrected chi connectivity index (χ4v) is 6.16. The summed E-state index contributed by atoms with van der Waals surface area (Å²) in [6, 6.07) is 23.9. The Morgan fingerprint density at radius 2 is 0.929 bits per heavy atom. The van der Waals surface area contributed by atoms with Gasteiger partial charge in [-0.15, -0.1) is 0 Å². The minimum atomic E-state index is -1.69. The summed E-state index contributed by atoms with van der Waals surface area (Å²) in [5.41, 5.74) is 0.409. The zero-order valence-corrected chi connectivity index (χ0v) is 31.2. The molecule has 0 spiro atoms. The first-order valence-electron chi connectivity index (χ1n) is 17.6. The van der Waals surface area contributed by atoms with Crippen molar-refractivity contribution in [3.05, 3.63) is 108 Å². The van der Waals surface area contributed by atoms with Gasteiger partial charge in [0.2, 0.25) is 0 Å². The second-order valence-corrected chi connectivity index (χ2v) is 12.7. The normalized spacial score (nSPS) is 27.2. The van der Waals surface area contributed by atoms with Gasteiger partial charge >= 0.3 is 35.8 Å². The van der Waals surface area contributed by atoms with Crippen molar-refractivity contribution in [2.24, 2.45) is 0 Å². The van der Waals surface area contributed by atoms with Crippen LogP contribution in [-0.2, 0) is 61.8 Å². The fraction of sp³-hybridized carbons (Fsp3) is 0.400. The number of carbonyl (C=O) groups excluding carboxylic acids is 6. The number of hydrogen-bond donors (Lipinski definition) is 0. The van der Waals surface area contributed by atoms with Crippen molar-refractivity contribution in [3.8, 4) is 0 Å². The molecule has 56 heavy (non-hydrogen) atoms. The van der Waals surface area contributed by atoms with Crippen molar-refractivity contribution in [2.45, 2.75) is 89.1 Å². The molecule has 10 atom stereocenters. The van der Waals surface area contributed by atoms with Crippen LogP contribution in [-0.4, -0.2) is 111 Å². The van der Waals surface area contributed by atoms with Gasteiger partial charge in [0.05, 0.1) is 22.8 Å². The SMILES string of the molecule is CO[C@H]1O[C@H](COC(C)=O)[C@H](OC(C)=O)[C@H](OC(C)=O)[C@H]1O[C@@H]1O[C@@H](C)[C@H](OC(=O)c2ccccc2)[C@@H](OC(=O)c2ccccc2)[C@H]1OC(=O)c1ccccc1. The fourth-order valence-electron chi connectivity index (χ4n) is 6.16. The van der Waals surface area contributed by atoms with Gasteiger partial charge in [-0.3, -0.25) is 14.4 Å². The molecule has 2 fully saturated rings. The molecule has 0 radical (unpaired) electrons. The Hall–Kier alpha value is -5.68. The number of benzene rings is 3. The third-order valence-corrected chi connectivity index (χ3v) is 8.65. The Kier molecular flexibility index (Phi) is 14.3. The van der Waals surface area contributed by atoms with Gasteiger partial charge in [-0.25, -0.2) is 14.4 Å². The summed E-state index contributed by atoms with van der Waals surface area (Å²) in [4.78, 5) is 77.6. The van der Waals surface area contributed by atoms with Crippen molar-refractivity contribution in [1.82, 2.24) is 0 Å². The molecule has 5 rings (SSSR count). The summed E-state index contributed by atoms with van der Waals surface area (Å²) < 4.78 is 58.7. The van der Waals surface area contributed by atoms with Crippen LogP contribution < -0.4 is 0 Å². The van der Waals surface area contributed by atoms with E-state index in [0.717, 1.165) is 20.8 Å². The Bertz CT molecular complexity index is 1820. The van der Waals surface area contributed by atoms with Gasteiger partial charge in [0, 0.05) is 27.9 Å². The van der Waals surface area contributed by atoms with Gasteiger partial charge in [-0.05, 0) is 43.3 Å². The molecule has 2 aliphatic rings. The lowest BCUT2D eigenvalue weighted by atomic mass is 9.96. The summed E-state index contributed by atoms with van der Waals surface area (Å²) in [7, 11) is 1.25. The third-order valence-electron chi connectivity index (χ3n) is 8.65. The summed E-state index contributed by atoms with van der Waals surface area (Å²) in [5, 5.41) is 0. The topological polar surface area (TPSA) is 195 Å². The molecule has 0 bridgehead atoms. The molecular formula is C40H42O16. The highest BCUT2D eigenvalue weighted by molar-refractivity contribution is 5.91. The molecule has 0 aliphatic carbocycles. The monoisotopic (exact) mass is 778 g/mol. The number of hydrogen-bond acceptors (Lipinski definition) is 16. The first-order chi connectivity index (χ1) is 26.9. The highest BCUT2D eigenvalue weighted by Gasteiger charge is 2.57. The average molecular weight is 779 g/mol. The van der Waals surface area contributed by atoms with E-state index in [-0.39, 0.29) is 16.7 Å². The molecule has 2 aliphatic heterocycles. The van der Waals surface area contributed by atoms with E-state index in [4.69, 9.17) is 47.4 Å². The van der Waals surface area contributed by atoms with E-state index in [2.05, 4.69) is 0 Å². The van der Waals surface area contributed by atoms with Crippen LogP contribution in [0.3, 0.4) is 0 Å². The first kappa shape index (κ1) is 41.5. The van der Waals surface area contributed by atoms with E-state index < -0.39 is 104 Å². The van der Waals surface area contributed by atoms with Crippen LogP contribution in [0.25, 0.3) is 0 Å². The van der Waals surface area contributed by atoms with Crippen LogP contribution >= 0.6 is 0 Å². The summed E-state index contributed by atoms with van der Waals surface area (Å²) in [6.45, 7) is 4.46. The van der Waals surface area contributed by atoms with Crippen molar-refractivity contribution in [3.63, 3.8) is 0 Å². The van der Waals surface area contributed by atoms with Crippen LogP contribution in [0.1, 0.15) is 58.8 Å². The van der Waals surface area contributed by atoms with Crippen molar-refractivity contribution >= 4 is 35.8 Å². The molecule has 0 saturated carbocycles. The average Bonchev–Trinajstić information content (AvgIpc) is 3.18. The van der Waals surface area contributed by atoms with Crippen molar-refractivity contribution in [1.29, 1.82) is 0 Å². The molecule has 2 saturated heterocycles. The zero-order chi connectivity index (χ0) is 40.4. The van der Waals surface area contributed by atoms with Gasteiger partial charge in [-0.1, -0.05) is 54.6 Å². The van der Waals surface area contributed by atoms with Crippen LogP contribution in [0, 0.1) is 0 Å². The molecule has 0 aromatic heterocycles. The van der Waals surface area contributed by atoms with E-state index in [0.29, 0.717) is 0 Å². The highest BCUT2D eigenvalue weighted by atomic mass is 16.8. The molecule has 3 aromatic rings. The van der Waals surface area contributed by atoms with Crippen LogP contribution in [0.4, 0.5) is 0 Å². The number of esters is 6. The molecule has 0 unspecified atom stereocenters.